The average molecular weight is 265 g/mol. The van der Waals surface area contributed by atoms with Crippen LogP contribution in [0.4, 0.5) is 0 Å². The lowest BCUT2D eigenvalue weighted by molar-refractivity contribution is 0.968. The van der Waals surface area contributed by atoms with Gasteiger partial charge in [0.1, 0.15) is 5.82 Å². The van der Waals surface area contributed by atoms with Crippen LogP contribution in [0, 0.1) is 0 Å². The smallest absolute Gasteiger partial charge is 0.178 e. The molecule has 0 bridgehead atoms. The van der Waals surface area contributed by atoms with Gasteiger partial charge in [-0.25, -0.2) is 9.97 Å². The van der Waals surface area contributed by atoms with Gasteiger partial charge < -0.3 is 4.98 Å². The van der Waals surface area contributed by atoms with Gasteiger partial charge in [0.2, 0.25) is 0 Å². The van der Waals surface area contributed by atoms with E-state index in [9.17, 15) is 0 Å². The van der Waals surface area contributed by atoms with Crippen LogP contribution in [0.1, 0.15) is 11.7 Å². The van der Waals surface area contributed by atoms with Crippen molar-refractivity contribution in [2.45, 2.75) is 5.92 Å². The van der Waals surface area contributed by atoms with E-state index in [0.29, 0.717) is 0 Å². The number of hydrogen-bond acceptors (Lipinski definition) is 3. The lowest BCUT2D eigenvalue weighted by Crippen LogP contribution is -1.90. The molecule has 3 aromatic heterocycles. The highest BCUT2D eigenvalue weighted by Gasteiger charge is 2.13. The highest BCUT2D eigenvalue weighted by Crippen LogP contribution is 2.26. The molecule has 3 heterocycles. The molecule has 0 aliphatic heterocycles. The van der Waals surface area contributed by atoms with Crippen molar-refractivity contribution < 1.29 is 0 Å². The zero-order valence-corrected chi connectivity index (χ0v) is 10.9. The number of imidazole rings is 1. The average Bonchev–Trinajstić information content (AvgIpc) is 3.18. The Morgan fingerprint density at radius 2 is 1.95 bits per heavy atom. The summed E-state index contributed by atoms with van der Waals surface area (Å²) in [6.07, 6.45) is 8.33. The summed E-state index contributed by atoms with van der Waals surface area (Å²) in [5, 5.41) is 2.06. The van der Waals surface area contributed by atoms with Gasteiger partial charge in [0, 0.05) is 0 Å². The Hall–Kier alpha value is -2.20. The molecule has 3 aromatic rings. The fraction of sp³-hybridized carbons (Fsp3) is 0.0667. The van der Waals surface area contributed by atoms with Crippen LogP contribution in [0.2, 0.25) is 0 Å². The maximum Gasteiger partial charge on any atom is 0.178 e. The Kier molecular flexibility index (Phi) is 2.35. The molecule has 4 heteroatoms. The van der Waals surface area contributed by atoms with Crippen LogP contribution in [0.3, 0.4) is 0 Å². The van der Waals surface area contributed by atoms with Gasteiger partial charge in [-0.05, 0) is 23.6 Å². The first-order valence-electron chi connectivity index (χ1n) is 6.16. The van der Waals surface area contributed by atoms with Crippen molar-refractivity contribution in [1.82, 2.24) is 15.0 Å². The molecule has 0 unspecified atom stereocenters. The molecule has 0 amide bonds. The van der Waals surface area contributed by atoms with Crippen molar-refractivity contribution >= 4 is 22.5 Å². The Morgan fingerprint density at radius 1 is 1.05 bits per heavy atom. The van der Waals surface area contributed by atoms with Gasteiger partial charge in [-0.15, -0.1) is 11.3 Å². The molecular formula is C15H11N3S. The van der Waals surface area contributed by atoms with Crippen LogP contribution < -0.4 is 0 Å². The van der Waals surface area contributed by atoms with E-state index >= 15 is 0 Å². The lowest BCUT2D eigenvalue weighted by atomic mass is 10.2. The predicted octanol–water partition coefficient (Wildman–Crippen LogP) is 3.90. The molecule has 92 valence electrons. The normalized spacial score (nSPS) is 14.7. The molecule has 0 saturated carbocycles. The number of rotatable bonds is 2. The molecule has 0 radical (unpaired) electrons. The van der Waals surface area contributed by atoms with Gasteiger partial charge in [-0.1, -0.05) is 30.4 Å². The van der Waals surface area contributed by atoms with Gasteiger partial charge in [0.15, 0.2) is 5.65 Å². The number of pyridine rings is 1. The number of nitrogens with zero attached hydrogens (tertiary/aromatic N) is 2. The summed E-state index contributed by atoms with van der Waals surface area (Å²) in [5.74, 6) is 1.20. The lowest BCUT2D eigenvalue weighted by Gasteiger charge is -1.97. The van der Waals surface area contributed by atoms with Crippen molar-refractivity contribution in [2.75, 3.05) is 0 Å². The van der Waals surface area contributed by atoms with E-state index < -0.39 is 0 Å². The number of nitrogens with one attached hydrogen (secondary N) is 1. The molecular weight excluding hydrogens is 254 g/mol. The summed E-state index contributed by atoms with van der Waals surface area (Å²) in [4.78, 5) is 13.7. The summed E-state index contributed by atoms with van der Waals surface area (Å²) in [7, 11) is 0. The Morgan fingerprint density at radius 3 is 2.74 bits per heavy atom. The van der Waals surface area contributed by atoms with Gasteiger partial charge in [0.25, 0.3) is 0 Å². The molecule has 0 aromatic carbocycles. The Labute approximate surface area is 114 Å². The molecule has 0 atom stereocenters. The second-order valence-corrected chi connectivity index (χ2v) is 5.41. The predicted molar refractivity (Wildman–Crippen MR) is 78.2 cm³/mol. The summed E-state index contributed by atoms with van der Waals surface area (Å²) < 4.78 is 0. The zero-order chi connectivity index (χ0) is 12.7. The molecule has 1 aliphatic rings. The first kappa shape index (κ1) is 10.7. The number of H-pyrrole nitrogens is 1. The fourth-order valence-electron chi connectivity index (χ4n) is 2.24. The molecule has 3 nitrogen and oxygen atoms in total. The van der Waals surface area contributed by atoms with Crippen molar-refractivity contribution in [3.8, 4) is 10.6 Å². The standard InChI is InChI=1S/C15H11N3S/c1-2-5-10(4-1)14-17-12-8-7-11(16-15(12)18-14)13-6-3-9-19-13/h1-10H,(H,16,17,18). The molecule has 0 spiro atoms. The quantitative estimate of drug-likeness (QED) is 0.763. The van der Waals surface area contributed by atoms with E-state index in [2.05, 4.69) is 44.6 Å². The van der Waals surface area contributed by atoms with E-state index in [0.717, 1.165) is 22.7 Å². The van der Waals surface area contributed by atoms with E-state index in [1.165, 1.54) is 4.88 Å². The van der Waals surface area contributed by atoms with Crippen molar-refractivity contribution in [2.24, 2.45) is 0 Å². The molecule has 19 heavy (non-hydrogen) atoms. The SMILES string of the molecule is C1=CC(c2nc3nc(-c4cccs4)ccc3[nH]2)C=C1. The Balaban J connectivity index is 1.81. The molecule has 0 fully saturated rings. The number of fused-ring (bicyclic) bond motifs is 1. The minimum absolute atomic E-state index is 0.249. The van der Waals surface area contributed by atoms with E-state index in [1.807, 2.05) is 24.3 Å². The van der Waals surface area contributed by atoms with Crippen molar-refractivity contribution in [3.63, 3.8) is 0 Å². The maximum absolute atomic E-state index is 4.63. The highest BCUT2D eigenvalue weighted by atomic mass is 32.1. The Bertz CT molecular complexity index is 769. The van der Waals surface area contributed by atoms with Crippen LogP contribution in [0.25, 0.3) is 21.7 Å². The third-order valence-electron chi connectivity index (χ3n) is 3.20. The van der Waals surface area contributed by atoms with Gasteiger partial charge in [-0.3, -0.25) is 0 Å². The van der Waals surface area contributed by atoms with E-state index in [-0.39, 0.29) is 5.92 Å². The monoisotopic (exact) mass is 265 g/mol. The topological polar surface area (TPSA) is 41.6 Å². The van der Waals surface area contributed by atoms with Crippen LogP contribution in [-0.2, 0) is 0 Å². The van der Waals surface area contributed by atoms with Gasteiger partial charge in [-0.2, -0.15) is 0 Å². The van der Waals surface area contributed by atoms with Gasteiger partial charge >= 0.3 is 0 Å². The highest BCUT2D eigenvalue weighted by molar-refractivity contribution is 7.13. The van der Waals surface area contributed by atoms with Gasteiger partial charge in [0.05, 0.1) is 22.0 Å². The van der Waals surface area contributed by atoms with Crippen LogP contribution in [0.15, 0.2) is 53.9 Å². The molecule has 1 aliphatic carbocycles. The molecule has 0 saturated heterocycles. The summed E-state index contributed by atoms with van der Waals surface area (Å²) in [6, 6.07) is 8.21. The third-order valence-corrected chi connectivity index (χ3v) is 4.09. The number of allylic oxidation sites excluding steroid dienone is 4. The van der Waals surface area contributed by atoms with Crippen molar-refractivity contribution in [1.29, 1.82) is 0 Å². The number of aromatic amines is 1. The zero-order valence-electron chi connectivity index (χ0n) is 10.1. The van der Waals surface area contributed by atoms with Crippen LogP contribution >= 0.6 is 11.3 Å². The number of aromatic nitrogens is 3. The van der Waals surface area contributed by atoms with Crippen LogP contribution in [0.5, 0.6) is 0 Å². The number of thiophene rings is 1. The second kappa shape index (κ2) is 4.17. The summed E-state index contributed by atoms with van der Waals surface area (Å²) in [5.41, 5.74) is 2.76. The fourth-order valence-corrected chi connectivity index (χ4v) is 2.94. The second-order valence-electron chi connectivity index (χ2n) is 4.46. The summed E-state index contributed by atoms with van der Waals surface area (Å²) >= 11 is 1.69. The maximum atomic E-state index is 4.63. The molecule has 4 rings (SSSR count). The first-order chi connectivity index (χ1) is 9.40. The third kappa shape index (κ3) is 1.81. The molecule has 1 N–H and O–H groups in total. The first-order valence-corrected chi connectivity index (χ1v) is 7.04. The largest absolute Gasteiger partial charge is 0.340 e. The van der Waals surface area contributed by atoms with Crippen LogP contribution in [-0.4, -0.2) is 15.0 Å². The minimum atomic E-state index is 0.249. The minimum Gasteiger partial charge on any atom is -0.340 e. The van der Waals surface area contributed by atoms with Crippen molar-refractivity contribution in [3.05, 3.63) is 59.8 Å². The summed E-state index contributed by atoms with van der Waals surface area (Å²) in [6.45, 7) is 0. The van der Waals surface area contributed by atoms with E-state index in [4.69, 9.17) is 0 Å². The number of hydrogen-bond donors (Lipinski definition) is 1. The van der Waals surface area contributed by atoms with E-state index in [1.54, 1.807) is 11.3 Å².